The van der Waals surface area contributed by atoms with Crippen molar-refractivity contribution in [3.8, 4) is 0 Å². The molecule has 1 heterocycles. The molecule has 166 valence electrons. The number of hydrogen-bond donors (Lipinski definition) is 1. The summed E-state index contributed by atoms with van der Waals surface area (Å²) in [7, 11) is -3.86. The van der Waals surface area contributed by atoms with E-state index < -0.39 is 21.0 Å². The first-order valence-electron chi connectivity index (χ1n) is 10.0. The molecule has 1 atom stereocenters. The number of hydrogen-bond acceptors (Lipinski definition) is 6. The SMILES string of the molecule is Cc1ccc([N+](=O)[O-])cc1S(=O)(=O)N1CCN(C(C)C(=O)NCc2ccccc2)CC1. The molecular weight excluding hydrogens is 420 g/mol. The average molecular weight is 447 g/mol. The second-order valence-electron chi connectivity index (χ2n) is 7.53. The van der Waals surface area contributed by atoms with Gasteiger partial charge >= 0.3 is 0 Å². The number of rotatable bonds is 7. The number of carbonyl (C=O) groups excluding carboxylic acids is 1. The van der Waals surface area contributed by atoms with Crippen LogP contribution in [0.4, 0.5) is 5.69 Å². The minimum absolute atomic E-state index is 0.0520. The summed E-state index contributed by atoms with van der Waals surface area (Å²) in [5.74, 6) is -0.116. The number of amides is 1. The van der Waals surface area contributed by atoms with E-state index in [9.17, 15) is 23.3 Å². The zero-order valence-electron chi connectivity index (χ0n) is 17.5. The number of benzene rings is 2. The summed E-state index contributed by atoms with van der Waals surface area (Å²) in [4.78, 5) is 24.8. The molecule has 10 heteroatoms. The van der Waals surface area contributed by atoms with Crippen molar-refractivity contribution in [3.63, 3.8) is 0 Å². The number of carbonyl (C=O) groups is 1. The van der Waals surface area contributed by atoms with E-state index in [1.807, 2.05) is 35.2 Å². The van der Waals surface area contributed by atoms with Crippen LogP contribution in [0.1, 0.15) is 18.1 Å². The Hall–Kier alpha value is -2.82. The Morgan fingerprint density at radius 2 is 1.77 bits per heavy atom. The van der Waals surface area contributed by atoms with Gasteiger partial charge in [0.15, 0.2) is 0 Å². The molecule has 2 aromatic rings. The molecule has 1 aliphatic heterocycles. The Morgan fingerprint density at radius 3 is 2.39 bits per heavy atom. The largest absolute Gasteiger partial charge is 0.351 e. The Labute approximate surface area is 181 Å². The molecule has 2 aromatic carbocycles. The molecule has 0 spiro atoms. The summed E-state index contributed by atoms with van der Waals surface area (Å²) in [5, 5.41) is 14.0. The summed E-state index contributed by atoms with van der Waals surface area (Å²) in [6.07, 6.45) is 0. The normalized spacial score (nSPS) is 16.6. The molecule has 1 fully saturated rings. The third-order valence-corrected chi connectivity index (χ3v) is 7.55. The zero-order valence-corrected chi connectivity index (χ0v) is 18.3. The maximum atomic E-state index is 13.1. The van der Waals surface area contributed by atoms with Crippen molar-refractivity contribution < 1.29 is 18.1 Å². The summed E-state index contributed by atoms with van der Waals surface area (Å²) >= 11 is 0. The number of aryl methyl sites for hydroxylation is 1. The van der Waals surface area contributed by atoms with Crippen molar-refractivity contribution in [1.82, 2.24) is 14.5 Å². The van der Waals surface area contributed by atoms with Gasteiger partial charge in [0.05, 0.1) is 15.9 Å². The number of nitrogens with zero attached hydrogens (tertiary/aromatic N) is 3. The fourth-order valence-corrected chi connectivity index (χ4v) is 5.22. The molecule has 0 aliphatic carbocycles. The first-order valence-corrected chi connectivity index (χ1v) is 11.4. The van der Waals surface area contributed by atoms with Gasteiger partial charge in [-0.3, -0.25) is 19.8 Å². The lowest BCUT2D eigenvalue weighted by Crippen LogP contribution is -2.54. The van der Waals surface area contributed by atoms with E-state index in [2.05, 4.69) is 5.32 Å². The van der Waals surface area contributed by atoms with Crippen molar-refractivity contribution in [2.24, 2.45) is 0 Å². The van der Waals surface area contributed by atoms with Gasteiger partial charge in [-0.25, -0.2) is 8.42 Å². The molecule has 0 radical (unpaired) electrons. The van der Waals surface area contributed by atoms with Crippen LogP contribution < -0.4 is 5.32 Å². The number of nitro groups is 1. The van der Waals surface area contributed by atoms with Crippen molar-refractivity contribution in [3.05, 3.63) is 69.8 Å². The van der Waals surface area contributed by atoms with Crippen LogP contribution in [-0.2, 0) is 21.4 Å². The molecule has 1 unspecified atom stereocenters. The summed E-state index contributed by atoms with van der Waals surface area (Å²) < 4.78 is 27.4. The summed E-state index contributed by atoms with van der Waals surface area (Å²) in [6, 6.07) is 13.1. The van der Waals surface area contributed by atoms with Crippen molar-refractivity contribution in [1.29, 1.82) is 0 Å². The van der Waals surface area contributed by atoms with E-state index in [1.54, 1.807) is 13.8 Å². The fourth-order valence-electron chi connectivity index (χ4n) is 3.55. The van der Waals surface area contributed by atoms with E-state index in [0.29, 0.717) is 25.2 Å². The predicted octanol–water partition coefficient (Wildman–Crippen LogP) is 1.91. The fraction of sp³-hybridized carbons (Fsp3) is 0.381. The van der Waals surface area contributed by atoms with E-state index in [-0.39, 0.29) is 29.6 Å². The number of piperazine rings is 1. The van der Waals surface area contributed by atoms with Gasteiger partial charge in [-0.1, -0.05) is 36.4 Å². The first-order chi connectivity index (χ1) is 14.7. The van der Waals surface area contributed by atoms with Crippen molar-refractivity contribution in [2.75, 3.05) is 26.2 Å². The lowest BCUT2D eigenvalue weighted by Gasteiger charge is -2.36. The summed E-state index contributed by atoms with van der Waals surface area (Å²) in [5.41, 5.74) is 1.21. The Morgan fingerprint density at radius 1 is 1.13 bits per heavy atom. The van der Waals surface area contributed by atoms with E-state index >= 15 is 0 Å². The Balaban J connectivity index is 1.61. The van der Waals surface area contributed by atoms with Crippen LogP contribution in [0.5, 0.6) is 0 Å². The highest BCUT2D eigenvalue weighted by atomic mass is 32.2. The molecule has 0 aromatic heterocycles. The maximum absolute atomic E-state index is 13.1. The van der Waals surface area contributed by atoms with Crippen LogP contribution in [0.3, 0.4) is 0 Å². The third kappa shape index (κ3) is 5.27. The second kappa shape index (κ2) is 9.54. The van der Waals surface area contributed by atoms with Crippen LogP contribution in [0.2, 0.25) is 0 Å². The molecular formula is C21H26N4O5S. The van der Waals surface area contributed by atoms with Gasteiger partial charge in [-0.05, 0) is 25.0 Å². The molecule has 9 nitrogen and oxygen atoms in total. The minimum Gasteiger partial charge on any atom is -0.351 e. The van der Waals surface area contributed by atoms with Gasteiger partial charge in [0.1, 0.15) is 0 Å². The number of non-ortho nitro benzene ring substituents is 1. The van der Waals surface area contributed by atoms with Crippen LogP contribution in [0.15, 0.2) is 53.4 Å². The lowest BCUT2D eigenvalue weighted by atomic mass is 10.2. The van der Waals surface area contributed by atoms with Gasteiger partial charge in [-0.2, -0.15) is 4.31 Å². The molecule has 1 saturated heterocycles. The van der Waals surface area contributed by atoms with Gasteiger partial charge in [0.2, 0.25) is 15.9 Å². The highest BCUT2D eigenvalue weighted by Crippen LogP contribution is 2.25. The van der Waals surface area contributed by atoms with Crippen LogP contribution in [0.25, 0.3) is 0 Å². The van der Waals surface area contributed by atoms with Gasteiger partial charge < -0.3 is 5.32 Å². The molecule has 1 amide bonds. The quantitative estimate of drug-likeness (QED) is 0.514. The first kappa shape index (κ1) is 22.9. The van der Waals surface area contributed by atoms with Gasteiger partial charge in [-0.15, -0.1) is 0 Å². The van der Waals surface area contributed by atoms with Crippen LogP contribution in [-0.4, -0.2) is 60.7 Å². The van der Waals surface area contributed by atoms with E-state index in [0.717, 1.165) is 11.6 Å². The monoisotopic (exact) mass is 446 g/mol. The molecule has 1 N–H and O–H groups in total. The van der Waals surface area contributed by atoms with E-state index in [4.69, 9.17) is 0 Å². The minimum atomic E-state index is -3.86. The van der Waals surface area contributed by atoms with Crippen LogP contribution in [0, 0.1) is 17.0 Å². The topological polar surface area (TPSA) is 113 Å². The number of sulfonamides is 1. The van der Waals surface area contributed by atoms with Crippen molar-refractivity contribution in [2.45, 2.75) is 31.3 Å². The molecule has 31 heavy (non-hydrogen) atoms. The molecule has 1 aliphatic rings. The van der Waals surface area contributed by atoms with Crippen LogP contribution >= 0.6 is 0 Å². The average Bonchev–Trinajstić information content (AvgIpc) is 2.77. The molecule has 0 bridgehead atoms. The van der Waals surface area contributed by atoms with Crippen molar-refractivity contribution >= 4 is 21.6 Å². The van der Waals surface area contributed by atoms with Gasteiger partial charge in [0, 0.05) is 44.9 Å². The highest BCUT2D eigenvalue weighted by molar-refractivity contribution is 7.89. The standard InChI is InChI=1S/C21H26N4O5S/c1-16-8-9-19(25(27)28)14-20(16)31(29,30)24-12-10-23(11-13-24)17(2)21(26)22-15-18-6-4-3-5-7-18/h3-9,14,17H,10-13,15H2,1-2H3,(H,22,26). The zero-order chi connectivity index (χ0) is 22.6. The lowest BCUT2D eigenvalue weighted by molar-refractivity contribution is -0.385. The maximum Gasteiger partial charge on any atom is 0.270 e. The van der Waals surface area contributed by atoms with E-state index in [1.165, 1.54) is 16.4 Å². The Kier molecular flexibility index (Phi) is 7.04. The summed E-state index contributed by atoms with van der Waals surface area (Å²) in [6.45, 7) is 5.06. The number of nitro benzene ring substituents is 1. The number of nitrogens with one attached hydrogen (secondary N) is 1. The molecule has 3 rings (SSSR count). The predicted molar refractivity (Wildman–Crippen MR) is 116 cm³/mol. The third-order valence-electron chi connectivity index (χ3n) is 5.51. The smallest absolute Gasteiger partial charge is 0.270 e. The second-order valence-corrected chi connectivity index (χ2v) is 9.43. The highest BCUT2D eigenvalue weighted by Gasteiger charge is 2.33. The Bertz CT molecular complexity index is 1050. The van der Waals surface area contributed by atoms with Gasteiger partial charge in [0.25, 0.3) is 5.69 Å². The molecule has 0 saturated carbocycles.